The zero-order valence-electron chi connectivity index (χ0n) is 18.3. The summed E-state index contributed by atoms with van der Waals surface area (Å²) in [5.74, 6) is 0.159. The Bertz CT molecular complexity index is 1280. The van der Waals surface area contributed by atoms with Crippen LogP contribution in [0.1, 0.15) is 53.5 Å². The lowest BCUT2D eigenvalue weighted by molar-refractivity contribution is 0.0949. The second-order valence-electron chi connectivity index (χ2n) is 8.24. The molecule has 0 radical (unpaired) electrons. The second-order valence-corrected chi connectivity index (χ2v) is 8.65. The molecule has 0 atom stereocenters. The number of nitrogens with one attached hydrogen (secondary N) is 1. The maximum Gasteiger partial charge on any atom is 0.257 e. The molecule has 0 spiro atoms. The van der Waals surface area contributed by atoms with E-state index in [2.05, 4.69) is 20.1 Å². The fourth-order valence-corrected chi connectivity index (χ4v) is 4.63. The van der Waals surface area contributed by atoms with Gasteiger partial charge in [0.2, 0.25) is 0 Å². The lowest BCUT2D eigenvalue weighted by atomic mass is 10.1. The topological polar surface area (TPSA) is 85.8 Å². The second kappa shape index (κ2) is 9.19. The van der Waals surface area contributed by atoms with Gasteiger partial charge in [-0.3, -0.25) is 14.5 Å². The highest BCUT2D eigenvalue weighted by Crippen LogP contribution is 2.33. The minimum atomic E-state index is -0.279. The van der Waals surface area contributed by atoms with Crippen molar-refractivity contribution in [1.29, 1.82) is 0 Å². The third-order valence-electron chi connectivity index (χ3n) is 6.03. The fourth-order valence-electron chi connectivity index (χ4n) is 4.40. The van der Waals surface area contributed by atoms with Crippen LogP contribution in [-0.2, 0) is 6.54 Å². The number of pyridine rings is 1. The van der Waals surface area contributed by atoms with Crippen molar-refractivity contribution in [2.45, 2.75) is 45.2 Å². The predicted octanol–water partition coefficient (Wildman–Crippen LogP) is 5.61. The molecule has 0 unspecified atom stereocenters. The summed E-state index contributed by atoms with van der Waals surface area (Å²) in [6.07, 6.45) is 6.40. The van der Waals surface area contributed by atoms with Crippen molar-refractivity contribution in [1.82, 2.24) is 25.2 Å². The number of rotatable bonds is 6. The number of hydrogen-bond acceptors (Lipinski definition) is 5. The third kappa shape index (κ3) is 4.28. The van der Waals surface area contributed by atoms with E-state index in [4.69, 9.17) is 21.2 Å². The first-order chi connectivity index (χ1) is 16.1. The molecule has 1 aromatic carbocycles. The van der Waals surface area contributed by atoms with Gasteiger partial charge in [0.15, 0.2) is 0 Å². The van der Waals surface area contributed by atoms with E-state index in [1.54, 1.807) is 19.2 Å². The van der Waals surface area contributed by atoms with E-state index in [-0.39, 0.29) is 12.5 Å². The summed E-state index contributed by atoms with van der Waals surface area (Å²) in [6.45, 7) is 2.00. The molecule has 33 heavy (non-hydrogen) atoms. The van der Waals surface area contributed by atoms with Crippen molar-refractivity contribution in [2.75, 3.05) is 0 Å². The van der Waals surface area contributed by atoms with Crippen molar-refractivity contribution in [2.24, 2.45) is 0 Å². The standard InChI is InChI=1S/C25H24ClN5O2/c1-16-23(24(30-33-16)19-10-4-5-11-20(19)26)25(32)28-15-17-14-22(21-12-6-7-13-27-21)31(29-17)18-8-2-3-9-18/h4-7,10-14,18H,2-3,8-9,15H2,1H3,(H,28,32). The monoisotopic (exact) mass is 461 g/mol. The average molecular weight is 462 g/mol. The predicted molar refractivity (Wildman–Crippen MR) is 126 cm³/mol. The summed E-state index contributed by atoms with van der Waals surface area (Å²) < 4.78 is 7.41. The van der Waals surface area contributed by atoms with Crippen LogP contribution < -0.4 is 5.32 Å². The van der Waals surface area contributed by atoms with Crippen molar-refractivity contribution >= 4 is 17.5 Å². The summed E-state index contributed by atoms with van der Waals surface area (Å²) in [5.41, 5.74) is 4.10. The van der Waals surface area contributed by atoms with Gasteiger partial charge in [-0.15, -0.1) is 0 Å². The van der Waals surface area contributed by atoms with Gasteiger partial charge in [0.05, 0.1) is 34.7 Å². The van der Waals surface area contributed by atoms with Crippen molar-refractivity contribution in [3.8, 4) is 22.6 Å². The molecule has 1 fully saturated rings. The number of aryl methyl sites for hydroxylation is 1. The third-order valence-corrected chi connectivity index (χ3v) is 6.36. The van der Waals surface area contributed by atoms with Crippen LogP contribution in [0.5, 0.6) is 0 Å². The van der Waals surface area contributed by atoms with Gasteiger partial charge in [-0.05, 0) is 44.0 Å². The van der Waals surface area contributed by atoms with E-state index in [1.807, 2.05) is 42.5 Å². The number of amides is 1. The molecule has 1 aliphatic carbocycles. The fraction of sp³-hybridized carbons (Fsp3) is 0.280. The summed E-state index contributed by atoms with van der Waals surface area (Å²) in [7, 11) is 0. The average Bonchev–Trinajstić information content (AvgIpc) is 3.58. The van der Waals surface area contributed by atoms with Crippen molar-refractivity contribution in [3.63, 3.8) is 0 Å². The maximum atomic E-state index is 13.1. The van der Waals surface area contributed by atoms with E-state index in [1.165, 1.54) is 12.8 Å². The molecule has 8 heteroatoms. The molecule has 3 heterocycles. The minimum absolute atomic E-state index is 0.279. The number of carbonyl (C=O) groups excluding carboxylic acids is 1. The Hall–Kier alpha value is -3.45. The smallest absolute Gasteiger partial charge is 0.257 e. The number of aromatic nitrogens is 4. The summed E-state index contributed by atoms with van der Waals surface area (Å²) >= 11 is 6.33. The molecule has 0 bridgehead atoms. The molecule has 1 amide bonds. The Morgan fingerprint density at radius 3 is 2.73 bits per heavy atom. The number of benzene rings is 1. The number of hydrogen-bond donors (Lipinski definition) is 1. The highest BCUT2D eigenvalue weighted by molar-refractivity contribution is 6.33. The SMILES string of the molecule is Cc1onc(-c2ccccc2Cl)c1C(=O)NCc1cc(-c2ccccn2)n(C2CCCC2)n1. The molecule has 5 rings (SSSR count). The number of nitrogens with zero attached hydrogens (tertiary/aromatic N) is 4. The van der Waals surface area contributed by atoms with E-state index < -0.39 is 0 Å². The van der Waals surface area contributed by atoms with E-state index in [9.17, 15) is 4.79 Å². The molecule has 4 aromatic rings. The van der Waals surface area contributed by atoms with Crippen LogP contribution in [0.15, 0.2) is 59.3 Å². The molecular formula is C25H24ClN5O2. The first-order valence-corrected chi connectivity index (χ1v) is 11.5. The van der Waals surface area contributed by atoms with Crippen LogP contribution in [0.3, 0.4) is 0 Å². The van der Waals surface area contributed by atoms with E-state index in [0.29, 0.717) is 33.6 Å². The van der Waals surface area contributed by atoms with Gasteiger partial charge >= 0.3 is 0 Å². The molecule has 168 valence electrons. The zero-order valence-corrected chi connectivity index (χ0v) is 19.0. The largest absolute Gasteiger partial charge is 0.360 e. The van der Waals surface area contributed by atoms with Crippen LogP contribution >= 0.6 is 11.6 Å². The molecular weight excluding hydrogens is 438 g/mol. The first kappa shape index (κ1) is 21.4. The molecule has 3 aromatic heterocycles. The van der Waals surface area contributed by atoms with Crippen molar-refractivity contribution < 1.29 is 9.32 Å². The van der Waals surface area contributed by atoms with Gasteiger partial charge in [0, 0.05) is 11.8 Å². The number of halogens is 1. The van der Waals surface area contributed by atoms with Crippen molar-refractivity contribution in [3.05, 3.63) is 76.8 Å². The molecule has 1 saturated carbocycles. The lowest BCUT2D eigenvalue weighted by Crippen LogP contribution is -2.24. The minimum Gasteiger partial charge on any atom is -0.360 e. The highest BCUT2D eigenvalue weighted by atomic mass is 35.5. The van der Waals surface area contributed by atoms with Gasteiger partial charge in [-0.2, -0.15) is 5.10 Å². The van der Waals surface area contributed by atoms with Crippen LogP contribution in [0.2, 0.25) is 5.02 Å². The molecule has 1 aliphatic rings. The van der Waals surface area contributed by atoms with Gasteiger partial charge in [0.25, 0.3) is 5.91 Å². The van der Waals surface area contributed by atoms with Gasteiger partial charge in [0.1, 0.15) is 17.0 Å². The summed E-state index contributed by atoms with van der Waals surface area (Å²) in [6, 6.07) is 15.5. The highest BCUT2D eigenvalue weighted by Gasteiger charge is 2.25. The Morgan fingerprint density at radius 2 is 1.97 bits per heavy atom. The Balaban J connectivity index is 1.40. The van der Waals surface area contributed by atoms with E-state index >= 15 is 0 Å². The van der Waals surface area contributed by atoms with Crippen LogP contribution in [0, 0.1) is 6.92 Å². The Kier molecular flexibility index (Phi) is 5.96. The summed E-state index contributed by atoms with van der Waals surface area (Å²) in [5, 5.41) is 12.4. The molecule has 0 saturated heterocycles. The van der Waals surface area contributed by atoms with Gasteiger partial charge in [-0.1, -0.05) is 53.9 Å². The normalized spacial score (nSPS) is 14.0. The Labute approximate surface area is 196 Å². The van der Waals surface area contributed by atoms with Crippen LogP contribution in [-0.4, -0.2) is 25.8 Å². The van der Waals surface area contributed by atoms with Crippen LogP contribution in [0.4, 0.5) is 0 Å². The van der Waals surface area contributed by atoms with E-state index in [0.717, 1.165) is 29.9 Å². The Morgan fingerprint density at radius 1 is 1.18 bits per heavy atom. The summed E-state index contributed by atoms with van der Waals surface area (Å²) in [4.78, 5) is 17.6. The first-order valence-electron chi connectivity index (χ1n) is 11.1. The van der Waals surface area contributed by atoms with Gasteiger partial charge in [-0.25, -0.2) is 0 Å². The van der Waals surface area contributed by atoms with Gasteiger partial charge < -0.3 is 9.84 Å². The molecule has 1 N–H and O–H groups in total. The molecule has 0 aliphatic heterocycles. The quantitative estimate of drug-likeness (QED) is 0.403. The lowest BCUT2D eigenvalue weighted by Gasteiger charge is -2.13. The van der Waals surface area contributed by atoms with Crippen LogP contribution in [0.25, 0.3) is 22.6 Å². The zero-order chi connectivity index (χ0) is 22.8. The maximum absolute atomic E-state index is 13.1. The molecule has 7 nitrogen and oxygen atoms in total. The number of carbonyl (C=O) groups is 1.